The molecule has 0 saturated carbocycles. The highest BCUT2D eigenvalue weighted by Crippen LogP contribution is 1.87. The van der Waals surface area contributed by atoms with Gasteiger partial charge in [-0.15, -0.1) is 0 Å². The van der Waals surface area contributed by atoms with Crippen molar-refractivity contribution >= 4 is 0 Å². The third-order valence-corrected chi connectivity index (χ3v) is 1.67. The minimum Gasteiger partial charge on any atom is -0.316 e. The first kappa shape index (κ1) is 9.92. The van der Waals surface area contributed by atoms with Crippen LogP contribution in [0.3, 0.4) is 0 Å². The monoisotopic (exact) mass is 144 g/mol. The van der Waals surface area contributed by atoms with Crippen molar-refractivity contribution in [1.82, 2.24) is 10.6 Å². The summed E-state index contributed by atoms with van der Waals surface area (Å²) in [5.41, 5.74) is 0. The van der Waals surface area contributed by atoms with E-state index in [1.165, 1.54) is 6.42 Å². The van der Waals surface area contributed by atoms with Gasteiger partial charge in [-0.3, -0.25) is 0 Å². The summed E-state index contributed by atoms with van der Waals surface area (Å²) < 4.78 is 0. The Morgan fingerprint density at radius 1 is 1.30 bits per heavy atom. The van der Waals surface area contributed by atoms with Gasteiger partial charge >= 0.3 is 0 Å². The maximum absolute atomic E-state index is 3.38. The summed E-state index contributed by atoms with van der Waals surface area (Å²) in [7, 11) is 2.01. The Labute approximate surface area is 64.4 Å². The molecule has 10 heavy (non-hydrogen) atoms. The molecule has 0 fully saturated rings. The highest BCUT2D eigenvalue weighted by Gasteiger charge is 2.01. The van der Waals surface area contributed by atoms with E-state index in [4.69, 9.17) is 0 Å². The highest BCUT2D eigenvalue weighted by atomic mass is 15.0. The third kappa shape index (κ3) is 4.77. The van der Waals surface area contributed by atoms with Crippen molar-refractivity contribution in [1.29, 1.82) is 0 Å². The molecule has 1 unspecified atom stereocenters. The zero-order valence-corrected chi connectivity index (χ0v) is 7.57. The van der Waals surface area contributed by atoms with Crippen LogP contribution in [0.2, 0.25) is 0 Å². The molecule has 2 N–H and O–H groups in total. The molecule has 62 valence electrons. The van der Waals surface area contributed by atoms with Crippen LogP contribution >= 0.6 is 0 Å². The molecule has 0 heterocycles. The van der Waals surface area contributed by atoms with Crippen LogP contribution in [0.5, 0.6) is 0 Å². The molecule has 0 saturated heterocycles. The fourth-order valence-electron chi connectivity index (χ4n) is 0.828. The summed E-state index contributed by atoms with van der Waals surface area (Å²) in [5.74, 6) is 0. The number of hydrogen-bond donors (Lipinski definition) is 2. The molecule has 1 atom stereocenters. The van der Waals surface area contributed by atoms with E-state index in [0.29, 0.717) is 12.1 Å². The van der Waals surface area contributed by atoms with Crippen molar-refractivity contribution < 1.29 is 0 Å². The van der Waals surface area contributed by atoms with Gasteiger partial charge in [-0.25, -0.2) is 0 Å². The van der Waals surface area contributed by atoms with Gasteiger partial charge in [-0.1, -0.05) is 20.8 Å². The predicted octanol–water partition coefficient (Wildman–Crippen LogP) is 0.982. The number of nitrogens with one attached hydrogen (secondary N) is 2. The van der Waals surface area contributed by atoms with Crippen LogP contribution in [0.25, 0.3) is 0 Å². The summed E-state index contributed by atoms with van der Waals surface area (Å²) in [6.45, 7) is 7.61. The van der Waals surface area contributed by atoms with Gasteiger partial charge in [0, 0.05) is 18.6 Å². The van der Waals surface area contributed by atoms with Gasteiger partial charge in [0.05, 0.1) is 0 Å². The number of hydrogen-bond acceptors (Lipinski definition) is 2. The fourth-order valence-corrected chi connectivity index (χ4v) is 0.828. The van der Waals surface area contributed by atoms with E-state index >= 15 is 0 Å². The fraction of sp³-hybridized carbons (Fsp3) is 1.00. The predicted molar refractivity (Wildman–Crippen MR) is 46.3 cm³/mol. The van der Waals surface area contributed by atoms with Crippen molar-refractivity contribution in [2.45, 2.75) is 39.3 Å². The van der Waals surface area contributed by atoms with E-state index in [0.717, 1.165) is 6.54 Å². The summed E-state index contributed by atoms with van der Waals surface area (Å²) in [6, 6.07) is 1.23. The van der Waals surface area contributed by atoms with Crippen LogP contribution in [0.4, 0.5) is 0 Å². The van der Waals surface area contributed by atoms with E-state index < -0.39 is 0 Å². The van der Waals surface area contributed by atoms with Gasteiger partial charge < -0.3 is 10.6 Å². The molecule has 0 amide bonds. The Morgan fingerprint density at radius 3 is 2.20 bits per heavy atom. The number of rotatable bonds is 5. The SMILES string of the molecule is CCC(CNC(C)C)NC. The summed E-state index contributed by atoms with van der Waals surface area (Å²) in [4.78, 5) is 0. The second-order valence-corrected chi connectivity index (χ2v) is 2.96. The lowest BCUT2D eigenvalue weighted by Gasteiger charge is -2.16. The molecule has 0 bridgehead atoms. The first-order chi connectivity index (χ1) is 4.70. The van der Waals surface area contributed by atoms with Crippen LogP contribution in [-0.4, -0.2) is 25.7 Å². The van der Waals surface area contributed by atoms with Crippen molar-refractivity contribution in [2.24, 2.45) is 0 Å². The van der Waals surface area contributed by atoms with E-state index in [1.807, 2.05) is 7.05 Å². The van der Waals surface area contributed by atoms with Crippen LogP contribution < -0.4 is 10.6 Å². The zero-order valence-electron chi connectivity index (χ0n) is 7.57. The molecule has 0 spiro atoms. The second-order valence-electron chi connectivity index (χ2n) is 2.96. The molecule has 0 rings (SSSR count). The first-order valence-electron chi connectivity index (χ1n) is 4.11. The lowest BCUT2D eigenvalue weighted by molar-refractivity contribution is 0.468. The Balaban J connectivity index is 3.26. The molecule has 0 aliphatic heterocycles. The van der Waals surface area contributed by atoms with E-state index in [1.54, 1.807) is 0 Å². The van der Waals surface area contributed by atoms with Crippen LogP contribution in [0, 0.1) is 0 Å². The van der Waals surface area contributed by atoms with Gasteiger partial charge in [0.25, 0.3) is 0 Å². The molecule has 0 aromatic heterocycles. The molecule has 2 heteroatoms. The minimum absolute atomic E-state index is 0.599. The average Bonchev–Trinajstić information content (AvgIpc) is 1.90. The third-order valence-electron chi connectivity index (χ3n) is 1.67. The summed E-state index contributed by atoms with van der Waals surface area (Å²) in [5, 5.41) is 6.63. The Bertz CT molecular complexity index is 67.7. The van der Waals surface area contributed by atoms with E-state index in [2.05, 4.69) is 31.4 Å². The second kappa shape index (κ2) is 5.69. The molecule has 2 nitrogen and oxygen atoms in total. The average molecular weight is 144 g/mol. The topological polar surface area (TPSA) is 24.1 Å². The van der Waals surface area contributed by atoms with Crippen molar-refractivity contribution in [3.05, 3.63) is 0 Å². The largest absolute Gasteiger partial charge is 0.316 e. The van der Waals surface area contributed by atoms with Gasteiger partial charge in [-0.2, -0.15) is 0 Å². The van der Waals surface area contributed by atoms with Gasteiger partial charge in [0.2, 0.25) is 0 Å². The Kier molecular flexibility index (Phi) is 5.64. The minimum atomic E-state index is 0.599. The molecule has 0 aliphatic carbocycles. The summed E-state index contributed by atoms with van der Waals surface area (Å²) >= 11 is 0. The van der Waals surface area contributed by atoms with Crippen LogP contribution in [0.1, 0.15) is 27.2 Å². The lowest BCUT2D eigenvalue weighted by atomic mass is 10.2. The van der Waals surface area contributed by atoms with Gasteiger partial charge in [0.1, 0.15) is 0 Å². The van der Waals surface area contributed by atoms with Gasteiger partial charge in [-0.05, 0) is 13.5 Å². The van der Waals surface area contributed by atoms with E-state index in [-0.39, 0.29) is 0 Å². The van der Waals surface area contributed by atoms with Gasteiger partial charge in [0.15, 0.2) is 0 Å². The molecule has 0 aromatic carbocycles. The first-order valence-corrected chi connectivity index (χ1v) is 4.11. The van der Waals surface area contributed by atoms with Crippen LogP contribution in [0.15, 0.2) is 0 Å². The summed E-state index contributed by atoms with van der Waals surface area (Å²) in [6.07, 6.45) is 1.19. The van der Waals surface area contributed by atoms with Crippen molar-refractivity contribution in [3.63, 3.8) is 0 Å². The lowest BCUT2D eigenvalue weighted by Crippen LogP contribution is -2.38. The highest BCUT2D eigenvalue weighted by molar-refractivity contribution is 4.66. The Hall–Kier alpha value is -0.0800. The van der Waals surface area contributed by atoms with Crippen LogP contribution in [-0.2, 0) is 0 Å². The molecule has 0 aromatic rings. The number of likely N-dealkylation sites (N-methyl/N-ethyl adjacent to an activating group) is 1. The smallest absolute Gasteiger partial charge is 0.0186 e. The molecule has 0 aliphatic rings. The molecule has 0 radical (unpaired) electrons. The zero-order chi connectivity index (χ0) is 7.98. The standard InChI is InChI=1S/C8H20N2/c1-5-8(9-4)6-10-7(2)3/h7-10H,5-6H2,1-4H3. The normalized spacial score (nSPS) is 14.1. The van der Waals surface area contributed by atoms with Crippen molar-refractivity contribution in [3.8, 4) is 0 Å². The molecular formula is C8H20N2. The van der Waals surface area contributed by atoms with E-state index in [9.17, 15) is 0 Å². The maximum atomic E-state index is 3.38. The van der Waals surface area contributed by atoms with Crippen molar-refractivity contribution in [2.75, 3.05) is 13.6 Å². The maximum Gasteiger partial charge on any atom is 0.0186 e. The Morgan fingerprint density at radius 2 is 1.90 bits per heavy atom. The quantitative estimate of drug-likeness (QED) is 0.601. The molecular weight excluding hydrogens is 124 g/mol.